The van der Waals surface area contributed by atoms with E-state index in [1.54, 1.807) is 0 Å². The van der Waals surface area contributed by atoms with E-state index in [9.17, 15) is 13.2 Å². The smallest absolute Gasteiger partial charge is 0.166 e. The average molecular weight is 176 g/mol. The Morgan fingerprint density at radius 3 is 1.75 bits per heavy atom. The normalized spacial score (nSPS) is 13.8. The van der Waals surface area contributed by atoms with Crippen LogP contribution in [0, 0.1) is 0 Å². The molecule has 0 bridgehead atoms. The average Bonchev–Trinajstić information content (AvgIpc) is 1.86. The van der Waals surface area contributed by atoms with Gasteiger partial charge >= 0.3 is 6.18 Å². The van der Waals surface area contributed by atoms with E-state index in [0.717, 1.165) is 6.92 Å². The SMILES string of the molecule is C=C/C(C(=C)C)=C(/C)C(F)(F)F. The highest BCUT2D eigenvalue weighted by Crippen LogP contribution is 2.30. The summed E-state index contributed by atoms with van der Waals surface area (Å²) in [7, 11) is 0. The second-order valence-electron chi connectivity index (χ2n) is 2.52. The number of halogens is 3. The van der Waals surface area contributed by atoms with Crippen molar-refractivity contribution < 1.29 is 13.2 Å². The van der Waals surface area contributed by atoms with Crippen molar-refractivity contribution in [2.24, 2.45) is 0 Å². The van der Waals surface area contributed by atoms with Gasteiger partial charge in [-0.15, -0.1) is 0 Å². The van der Waals surface area contributed by atoms with Crippen molar-refractivity contribution >= 4 is 0 Å². The fourth-order valence-electron chi connectivity index (χ4n) is 0.800. The molecule has 0 radical (unpaired) electrons. The van der Waals surface area contributed by atoms with Gasteiger partial charge < -0.3 is 0 Å². The second kappa shape index (κ2) is 3.61. The molecular formula is C9H11F3. The molecule has 0 saturated heterocycles. The van der Waals surface area contributed by atoms with Crippen molar-refractivity contribution in [3.8, 4) is 0 Å². The van der Waals surface area contributed by atoms with E-state index in [1.807, 2.05) is 0 Å². The minimum absolute atomic E-state index is 0.0718. The summed E-state index contributed by atoms with van der Waals surface area (Å²) in [5.74, 6) is 0. The molecule has 12 heavy (non-hydrogen) atoms. The fourth-order valence-corrected chi connectivity index (χ4v) is 0.800. The standard InChI is InChI=1S/C9H11F3/c1-5-8(6(2)3)7(4)9(10,11)12/h5H,1-2H2,3-4H3/b8-7+. The van der Waals surface area contributed by atoms with Gasteiger partial charge in [0.25, 0.3) is 0 Å². The van der Waals surface area contributed by atoms with E-state index < -0.39 is 11.7 Å². The van der Waals surface area contributed by atoms with Crippen molar-refractivity contribution in [3.63, 3.8) is 0 Å². The van der Waals surface area contributed by atoms with E-state index >= 15 is 0 Å². The van der Waals surface area contributed by atoms with Crippen LogP contribution in [0.3, 0.4) is 0 Å². The van der Waals surface area contributed by atoms with Crippen LogP contribution in [0.15, 0.2) is 36.0 Å². The maximum atomic E-state index is 12.1. The van der Waals surface area contributed by atoms with Crippen LogP contribution in [-0.2, 0) is 0 Å². The molecule has 0 aromatic rings. The molecule has 0 aromatic heterocycles. The molecule has 0 aromatic carbocycles. The zero-order valence-corrected chi connectivity index (χ0v) is 7.13. The molecule has 0 aliphatic carbocycles. The van der Waals surface area contributed by atoms with Crippen LogP contribution in [-0.4, -0.2) is 6.18 Å². The summed E-state index contributed by atoms with van der Waals surface area (Å²) in [6.07, 6.45) is -3.12. The Labute approximate surface area is 70.1 Å². The van der Waals surface area contributed by atoms with Crippen molar-refractivity contribution in [1.82, 2.24) is 0 Å². The Balaban J connectivity index is 5.12. The van der Waals surface area contributed by atoms with Crippen LogP contribution in [0.2, 0.25) is 0 Å². The molecule has 0 saturated carbocycles. The fraction of sp³-hybridized carbons (Fsp3) is 0.333. The summed E-state index contributed by atoms with van der Waals surface area (Å²) in [5, 5.41) is 0. The van der Waals surface area contributed by atoms with Crippen LogP contribution in [0.1, 0.15) is 13.8 Å². The first-order valence-electron chi connectivity index (χ1n) is 3.37. The monoisotopic (exact) mass is 176 g/mol. The topological polar surface area (TPSA) is 0 Å². The lowest BCUT2D eigenvalue weighted by atomic mass is 10.0. The first-order chi connectivity index (χ1) is 5.30. The molecule has 0 amide bonds. The van der Waals surface area contributed by atoms with E-state index in [4.69, 9.17) is 0 Å². The minimum Gasteiger partial charge on any atom is -0.166 e. The molecule has 0 atom stereocenters. The van der Waals surface area contributed by atoms with Gasteiger partial charge in [0.15, 0.2) is 0 Å². The lowest BCUT2D eigenvalue weighted by Gasteiger charge is -2.11. The highest BCUT2D eigenvalue weighted by Gasteiger charge is 2.31. The quantitative estimate of drug-likeness (QED) is 0.563. The van der Waals surface area contributed by atoms with Crippen LogP contribution in [0.5, 0.6) is 0 Å². The number of alkyl halides is 3. The van der Waals surface area contributed by atoms with Gasteiger partial charge in [0.05, 0.1) is 0 Å². The van der Waals surface area contributed by atoms with Crippen molar-refractivity contribution in [2.75, 3.05) is 0 Å². The summed E-state index contributed by atoms with van der Waals surface area (Å²) < 4.78 is 36.3. The van der Waals surface area contributed by atoms with Gasteiger partial charge in [-0.25, -0.2) is 0 Å². The lowest BCUT2D eigenvalue weighted by Crippen LogP contribution is -2.11. The lowest BCUT2D eigenvalue weighted by molar-refractivity contribution is -0.0918. The molecule has 0 spiro atoms. The van der Waals surface area contributed by atoms with Crippen LogP contribution in [0.25, 0.3) is 0 Å². The van der Waals surface area contributed by atoms with E-state index in [2.05, 4.69) is 13.2 Å². The summed E-state index contributed by atoms with van der Waals surface area (Å²) in [6.45, 7) is 9.27. The molecule has 0 heterocycles. The number of hydrogen-bond acceptors (Lipinski definition) is 0. The van der Waals surface area contributed by atoms with Gasteiger partial charge in [-0.3, -0.25) is 0 Å². The van der Waals surface area contributed by atoms with Gasteiger partial charge in [0, 0.05) is 5.57 Å². The molecule has 0 aliphatic heterocycles. The Bertz CT molecular complexity index is 231. The molecule has 0 nitrogen and oxygen atoms in total. The Morgan fingerprint density at radius 1 is 1.25 bits per heavy atom. The molecule has 68 valence electrons. The minimum atomic E-state index is -4.29. The highest BCUT2D eigenvalue weighted by atomic mass is 19.4. The first kappa shape index (κ1) is 11.0. The predicted octanol–water partition coefficient (Wildman–Crippen LogP) is 3.63. The molecule has 0 rings (SSSR count). The van der Waals surface area contributed by atoms with Gasteiger partial charge in [0.1, 0.15) is 0 Å². The highest BCUT2D eigenvalue weighted by molar-refractivity contribution is 5.40. The zero-order chi connectivity index (χ0) is 9.94. The third kappa shape index (κ3) is 2.57. The molecule has 0 unspecified atom stereocenters. The number of hydrogen-bond donors (Lipinski definition) is 0. The van der Waals surface area contributed by atoms with Gasteiger partial charge in [0.2, 0.25) is 0 Å². The number of rotatable bonds is 2. The maximum Gasteiger partial charge on any atom is 0.413 e. The maximum absolute atomic E-state index is 12.1. The Morgan fingerprint density at radius 2 is 1.67 bits per heavy atom. The molecule has 0 N–H and O–H groups in total. The van der Waals surface area contributed by atoms with Gasteiger partial charge in [-0.2, -0.15) is 13.2 Å². The van der Waals surface area contributed by atoms with Crippen LogP contribution < -0.4 is 0 Å². The van der Waals surface area contributed by atoms with Gasteiger partial charge in [-0.1, -0.05) is 24.8 Å². The first-order valence-corrected chi connectivity index (χ1v) is 3.37. The van der Waals surface area contributed by atoms with Crippen LogP contribution in [0.4, 0.5) is 13.2 Å². The largest absolute Gasteiger partial charge is 0.413 e. The van der Waals surface area contributed by atoms with Crippen molar-refractivity contribution in [3.05, 3.63) is 36.0 Å². The third-order valence-corrected chi connectivity index (χ3v) is 1.49. The summed E-state index contributed by atoms with van der Waals surface area (Å²) >= 11 is 0. The molecule has 0 aliphatic rings. The summed E-state index contributed by atoms with van der Waals surface area (Å²) in [5.41, 5.74) is -0.202. The second-order valence-corrected chi connectivity index (χ2v) is 2.52. The summed E-state index contributed by atoms with van der Waals surface area (Å²) in [4.78, 5) is 0. The van der Waals surface area contributed by atoms with E-state index in [0.29, 0.717) is 5.57 Å². The Kier molecular flexibility index (Phi) is 3.31. The predicted molar refractivity (Wildman–Crippen MR) is 43.8 cm³/mol. The van der Waals surface area contributed by atoms with E-state index in [-0.39, 0.29) is 5.57 Å². The number of allylic oxidation sites excluding steroid dienone is 4. The van der Waals surface area contributed by atoms with Gasteiger partial charge in [-0.05, 0) is 19.4 Å². The molecule has 0 fully saturated rings. The van der Waals surface area contributed by atoms with Crippen molar-refractivity contribution in [1.29, 1.82) is 0 Å². The van der Waals surface area contributed by atoms with Crippen molar-refractivity contribution in [2.45, 2.75) is 20.0 Å². The van der Waals surface area contributed by atoms with Crippen LogP contribution >= 0.6 is 0 Å². The molecular weight excluding hydrogens is 165 g/mol. The van der Waals surface area contributed by atoms with E-state index in [1.165, 1.54) is 13.0 Å². The summed E-state index contributed by atoms with van der Waals surface area (Å²) in [6, 6.07) is 0. The Hall–Kier alpha value is -0.990. The third-order valence-electron chi connectivity index (χ3n) is 1.49. The molecule has 3 heteroatoms. The zero-order valence-electron chi connectivity index (χ0n) is 7.13.